The van der Waals surface area contributed by atoms with E-state index in [9.17, 15) is 0 Å². The van der Waals surface area contributed by atoms with Crippen molar-refractivity contribution in [3.63, 3.8) is 0 Å². The number of fused-ring (bicyclic) bond motifs is 6. The highest BCUT2D eigenvalue weighted by Gasteiger charge is 2.43. The topological polar surface area (TPSA) is 31.4 Å². The van der Waals surface area contributed by atoms with Gasteiger partial charge >= 0.3 is 0 Å². The van der Waals surface area contributed by atoms with Gasteiger partial charge in [-0.15, -0.1) is 0 Å². The van der Waals surface area contributed by atoms with Gasteiger partial charge in [-0.05, 0) is 64.3 Å². The maximum Gasteiger partial charge on any atom is 0.262 e. The molecule has 3 nitrogen and oxygen atoms in total. The standard InChI is InChI=1S/C28H30BNO2/c1-27(2,3)16-10-12-19-22(14-16)31-25-18-8-7-9-21(18)30-26-24(25)29(19)20-13-11-17(28(4,5)6)15-23(20)32-26/h10-15H,7-9H2,1-6H3. The van der Waals surface area contributed by atoms with E-state index in [1.165, 1.54) is 27.6 Å². The number of aromatic nitrogens is 1. The van der Waals surface area contributed by atoms with Gasteiger partial charge in [0, 0.05) is 11.0 Å². The van der Waals surface area contributed by atoms with Crippen LogP contribution in [-0.2, 0) is 23.7 Å². The number of nitrogens with zero attached hydrogens (tertiary/aromatic N) is 1. The van der Waals surface area contributed by atoms with Gasteiger partial charge in [0.15, 0.2) is 0 Å². The van der Waals surface area contributed by atoms with Crippen molar-refractivity contribution in [1.29, 1.82) is 0 Å². The van der Waals surface area contributed by atoms with Crippen molar-refractivity contribution in [3.05, 3.63) is 58.8 Å². The van der Waals surface area contributed by atoms with Gasteiger partial charge < -0.3 is 9.47 Å². The van der Waals surface area contributed by atoms with E-state index in [0.29, 0.717) is 0 Å². The fourth-order valence-electron chi connectivity index (χ4n) is 5.34. The largest absolute Gasteiger partial charge is 0.458 e. The maximum absolute atomic E-state index is 6.68. The molecule has 0 unspecified atom stereocenters. The Labute approximate surface area is 191 Å². The van der Waals surface area contributed by atoms with Crippen LogP contribution in [0.3, 0.4) is 0 Å². The number of benzene rings is 2. The van der Waals surface area contributed by atoms with Gasteiger partial charge in [0.2, 0.25) is 5.88 Å². The number of pyridine rings is 1. The van der Waals surface area contributed by atoms with Crippen LogP contribution in [0.4, 0.5) is 0 Å². The van der Waals surface area contributed by atoms with Crippen LogP contribution in [0.25, 0.3) is 0 Å². The Morgan fingerprint density at radius 1 is 0.781 bits per heavy atom. The highest BCUT2D eigenvalue weighted by molar-refractivity contribution is 6.98. The molecule has 0 spiro atoms. The van der Waals surface area contributed by atoms with Crippen LogP contribution >= 0.6 is 0 Å². The molecule has 32 heavy (non-hydrogen) atoms. The highest BCUT2D eigenvalue weighted by atomic mass is 16.5. The Hall–Kier alpha value is -2.75. The quantitative estimate of drug-likeness (QED) is 0.332. The third-order valence-electron chi connectivity index (χ3n) is 7.26. The molecule has 0 amide bonds. The molecule has 3 aliphatic rings. The molecular formula is C28H30BNO2. The van der Waals surface area contributed by atoms with E-state index in [1.54, 1.807) is 0 Å². The van der Waals surface area contributed by atoms with E-state index < -0.39 is 0 Å². The Morgan fingerprint density at radius 2 is 1.38 bits per heavy atom. The minimum atomic E-state index is 0.0599. The van der Waals surface area contributed by atoms with Crippen LogP contribution in [0.5, 0.6) is 23.1 Å². The maximum atomic E-state index is 6.68. The minimum Gasteiger partial charge on any atom is -0.458 e. The summed E-state index contributed by atoms with van der Waals surface area (Å²) < 4.78 is 13.2. The zero-order chi connectivity index (χ0) is 22.4. The average molecular weight is 423 g/mol. The van der Waals surface area contributed by atoms with Crippen LogP contribution in [0.2, 0.25) is 0 Å². The molecule has 4 heteroatoms. The van der Waals surface area contributed by atoms with Crippen LogP contribution < -0.4 is 25.9 Å². The number of ether oxygens (including phenoxy) is 2. The molecule has 0 bridgehead atoms. The lowest BCUT2D eigenvalue weighted by Gasteiger charge is -2.35. The summed E-state index contributed by atoms with van der Waals surface area (Å²) in [6.07, 6.45) is 3.15. The predicted octanol–water partition coefficient (Wildman–Crippen LogP) is 4.89. The zero-order valence-electron chi connectivity index (χ0n) is 19.9. The molecule has 3 heterocycles. The molecule has 3 aromatic rings. The van der Waals surface area contributed by atoms with Crippen molar-refractivity contribution in [1.82, 2.24) is 4.98 Å². The summed E-state index contributed by atoms with van der Waals surface area (Å²) in [7, 11) is 0. The molecule has 0 N–H and O–H groups in total. The first-order valence-corrected chi connectivity index (χ1v) is 11.8. The van der Waals surface area contributed by atoms with Gasteiger partial charge in [-0.2, -0.15) is 0 Å². The Bertz CT molecular complexity index is 1270. The van der Waals surface area contributed by atoms with Gasteiger partial charge in [0.05, 0.1) is 5.69 Å². The number of hydrogen-bond acceptors (Lipinski definition) is 3. The van der Waals surface area contributed by atoms with Gasteiger partial charge in [-0.25, -0.2) is 4.98 Å². The second-order valence-electron chi connectivity index (χ2n) is 11.6. The lowest BCUT2D eigenvalue weighted by Crippen LogP contribution is -2.58. The van der Waals surface area contributed by atoms with Gasteiger partial charge in [-0.3, -0.25) is 0 Å². The summed E-state index contributed by atoms with van der Waals surface area (Å²) in [5.41, 5.74) is 8.64. The summed E-state index contributed by atoms with van der Waals surface area (Å²) in [5, 5.41) is 0. The number of aryl methyl sites for hydroxylation is 1. The van der Waals surface area contributed by atoms with Crippen molar-refractivity contribution in [2.75, 3.05) is 0 Å². The van der Waals surface area contributed by atoms with E-state index in [2.05, 4.69) is 77.9 Å². The smallest absolute Gasteiger partial charge is 0.262 e. The van der Waals surface area contributed by atoms with Crippen molar-refractivity contribution in [2.45, 2.75) is 71.6 Å². The fourth-order valence-corrected chi connectivity index (χ4v) is 5.34. The minimum absolute atomic E-state index is 0.0599. The SMILES string of the molecule is CC(C)(C)c1ccc2c(c1)Oc1nc3c(c4c1B2c1ccc(C(C)(C)C)cc1O4)CCC3. The van der Waals surface area contributed by atoms with Crippen molar-refractivity contribution in [2.24, 2.45) is 0 Å². The van der Waals surface area contributed by atoms with Crippen molar-refractivity contribution < 1.29 is 9.47 Å². The molecule has 0 saturated heterocycles. The van der Waals surface area contributed by atoms with Crippen LogP contribution in [-0.4, -0.2) is 11.7 Å². The van der Waals surface area contributed by atoms with E-state index in [-0.39, 0.29) is 17.5 Å². The Balaban J connectivity index is 1.61. The lowest BCUT2D eigenvalue weighted by atomic mass is 9.35. The molecular weight excluding hydrogens is 393 g/mol. The molecule has 0 atom stereocenters. The molecule has 0 radical (unpaired) electrons. The average Bonchev–Trinajstić information content (AvgIpc) is 3.20. The van der Waals surface area contributed by atoms with Gasteiger partial charge in [0.1, 0.15) is 17.2 Å². The van der Waals surface area contributed by atoms with Crippen LogP contribution in [0, 0.1) is 0 Å². The summed E-state index contributed by atoms with van der Waals surface area (Å²) in [6, 6.07) is 13.5. The summed E-state index contributed by atoms with van der Waals surface area (Å²) in [5.74, 6) is 3.64. The molecule has 1 aromatic heterocycles. The first-order valence-electron chi connectivity index (χ1n) is 11.8. The van der Waals surface area contributed by atoms with Gasteiger partial charge in [-0.1, -0.05) is 65.8 Å². The first-order chi connectivity index (χ1) is 15.1. The highest BCUT2D eigenvalue weighted by Crippen LogP contribution is 2.41. The molecule has 0 saturated carbocycles. The summed E-state index contributed by atoms with van der Waals surface area (Å²) >= 11 is 0. The monoisotopic (exact) mass is 423 g/mol. The zero-order valence-corrected chi connectivity index (χ0v) is 19.9. The predicted molar refractivity (Wildman–Crippen MR) is 131 cm³/mol. The molecule has 6 rings (SSSR count). The second-order valence-corrected chi connectivity index (χ2v) is 11.6. The van der Waals surface area contributed by atoms with Crippen LogP contribution in [0.15, 0.2) is 36.4 Å². The molecule has 162 valence electrons. The lowest BCUT2D eigenvalue weighted by molar-refractivity contribution is 0.444. The van der Waals surface area contributed by atoms with Crippen molar-refractivity contribution >= 4 is 23.1 Å². The second kappa shape index (κ2) is 6.40. The van der Waals surface area contributed by atoms with E-state index in [4.69, 9.17) is 14.5 Å². The van der Waals surface area contributed by atoms with Crippen LogP contribution in [0.1, 0.15) is 70.3 Å². The number of rotatable bonds is 0. The van der Waals surface area contributed by atoms with E-state index in [0.717, 1.165) is 53.5 Å². The van der Waals surface area contributed by atoms with Crippen molar-refractivity contribution in [3.8, 4) is 23.1 Å². The Kier molecular flexibility index (Phi) is 3.98. The fraction of sp³-hybridized carbons (Fsp3) is 0.393. The first kappa shape index (κ1) is 19.9. The third kappa shape index (κ3) is 2.85. The van der Waals surface area contributed by atoms with E-state index >= 15 is 0 Å². The molecule has 2 aliphatic heterocycles. The van der Waals surface area contributed by atoms with E-state index in [1.807, 2.05) is 0 Å². The van der Waals surface area contributed by atoms with Gasteiger partial charge in [0.25, 0.3) is 6.71 Å². The molecule has 0 fully saturated rings. The normalized spacial score (nSPS) is 15.9. The molecule has 1 aliphatic carbocycles. The third-order valence-corrected chi connectivity index (χ3v) is 7.26. The summed E-state index contributed by atoms with van der Waals surface area (Å²) in [4.78, 5) is 5.00. The Morgan fingerprint density at radius 3 is 1.97 bits per heavy atom. The summed E-state index contributed by atoms with van der Waals surface area (Å²) in [6.45, 7) is 13.6. The molecule has 2 aromatic carbocycles. The number of hydrogen-bond donors (Lipinski definition) is 0.